The van der Waals surface area contributed by atoms with Crippen molar-refractivity contribution < 1.29 is 14.7 Å². The largest absolute Gasteiger partial charge is 0.508 e. The quantitative estimate of drug-likeness (QED) is 0.561. The highest BCUT2D eigenvalue weighted by molar-refractivity contribution is 5.97. The van der Waals surface area contributed by atoms with Crippen molar-refractivity contribution in [1.29, 1.82) is 0 Å². The molecule has 3 aromatic rings. The van der Waals surface area contributed by atoms with Crippen LogP contribution in [-0.2, 0) is 0 Å². The lowest BCUT2D eigenvalue weighted by Gasteiger charge is -2.35. The summed E-state index contributed by atoms with van der Waals surface area (Å²) in [4.78, 5) is 31.4. The third-order valence-corrected chi connectivity index (χ3v) is 6.16. The van der Waals surface area contributed by atoms with Crippen molar-refractivity contribution in [2.45, 2.75) is 13.8 Å². The molecule has 1 N–H and O–H groups in total. The van der Waals surface area contributed by atoms with Crippen LogP contribution in [0.3, 0.4) is 0 Å². The Labute approximate surface area is 211 Å². The van der Waals surface area contributed by atoms with Gasteiger partial charge in [0.15, 0.2) is 11.5 Å². The van der Waals surface area contributed by atoms with E-state index in [1.807, 2.05) is 49.1 Å². The van der Waals surface area contributed by atoms with Gasteiger partial charge in [0.25, 0.3) is 11.8 Å². The molecule has 0 unspecified atom stereocenters. The van der Waals surface area contributed by atoms with Crippen LogP contribution in [0.1, 0.15) is 45.8 Å². The molecule has 184 valence electrons. The van der Waals surface area contributed by atoms with E-state index in [1.54, 1.807) is 35.2 Å². The first-order chi connectivity index (χ1) is 17.5. The predicted octanol–water partition coefficient (Wildman–Crippen LogP) is 3.03. The Bertz CT molecular complexity index is 1280. The average Bonchev–Trinajstić information content (AvgIpc) is 2.92. The molecule has 0 bridgehead atoms. The van der Waals surface area contributed by atoms with E-state index in [9.17, 15) is 14.7 Å². The molecule has 0 atom stereocenters. The van der Waals surface area contributed by atoms with Crippen LogP contribution in [0.25, 0.3) is 0 Å². The minimum Gasteiger partial charge on any atom is -0.508 e. The van der Waals surface area contributed by atoms with Gasteiger partial charge in [-0.05, 0) is 56.3 Å². The van der Waals surface area contributed by atoms with E-state index < -0.39 is 0 Å². The van der Waals surface area contributed by atoms with Gasteiger partial charge in [-0.3, -0.25) is 9.59 Å². The number of carbonyl (C=O) groups excluding carboxylic acids is 2. The van der Waals surface area contributed by atoms with Gasteiger partial charge in [0, 0.05) is 50.4 Å². The zero-order valence-electron chi connectivity index (χ0n) is 20.5. The van der Waals surface area contributed by atoms with E-state index in [2.05, 4.69) is 26.9 Å². The summed E-state index contributed by atoms with van der Waals surface area (Å²) in [6.45, 7) is 7.41. The van der Waals surface area contributed by atoms with Crippen LogP contribution < -0.4 is 4.90 Å². The molecule has 2 aromatic carbocycles. The maximum atomic E-state index is 13.3. The van der Waals surface area contributed by atoms with Crippen molar-refractivity contribution in [2.24, 2.45) is 0 Å². The summed E-state index contributed by atoms with van der Waals surface area (Å²) in [6.07, 6.45) is 0. The third kappa shape index (κ3) is 5.63. The van der Waals surface area contributed by atoms with Crippen LogP contribution in [0.4, 0.5) is 5.82 Å². The first-order valence-electron chi connectivity index (χ1n) is 12.1. The van der Waals surface area contributed by atoms with Crippen molar-refractivity contribution in [3.05, 3.63) is 83.0 Å². The first kappa shape index (κ1) is 24.7. The van der Waals surface area contributed by atoms with Crippen LogP contribution >= 0.6 is 0 Å². The smallest absolute Gasteiger partial charge is 0.274 e. The number of phenols is 1. The summed E-state index contributed by atoms with van der Waals surface area (Å²) in [6, 6.07) is 17.6. The van der Waals surface area contributed by atoms with Crippen LogP contribution in [0, 0.1) is 11.8 Å². The SMILES string of the molecule is CCN(CC)C(=O)c1ccc(N2CCN(C(=O)c3ccccc3C#Cc3cccc(O)c3)CC2)nn1. The third-order valence-electron chi connectivity index (χ3n) is 6.16. The molecule has 1 aliphatic heterocycles. The molecule has 1 aromatic heterocycles. The molecule has 8 nitrogen and oxygen atoms in total. The van der Waals surface area contributed by atoms with Gasteiger partial charge in [-0.25, -0.2) is 0 Å². The number of nitrogens with zero attached hydrogens (tertiary/aromatic N) is 5. The zero-order chi connectivity index (χ0) is 25.5. The second-order valence-electron chi connectivity index (χ2n) is 8.38. The Balaban J connectivity index is 1.41. The van der Waals surface area contributed by atoms with Crippen LogP contribution in [0.5, 0.6) is 5.75 Å². The number of phenolic OH excluding ortho intramolecular Hbond substituents is 1. The van der Waals surface area contributed by atoms with Crippen LogP contribution in [0.2, 0.25) is 0 Å². The molecule has 8 heteroatoms. The average molecular weight is 484 g/mol. The second-order valence-corrected chi connectivity index (χ2v) is 8.38. The lowest BCUT2D eigenvalue weighted by atomic mass is 10.1. The van der Waals surface area contributed by atoms with Crippen molar-refractivity contribution >= 4 is 17.6 Å². The Hall–Kier alpha value is -4.38. The van der Waals surface area contributed by atoms with Gasteiger partial charge in [0.2, 0.25) is 0 Å². The van der Waals surface area contributed by atoms with Gasteiger partial charge in [0.05, 0.1) is 5.56 Å². The monoisotopic (exact) mass is 483 g/mol. The predicted molar refractivity (Wildman–Crippen MR) is 138 cm³/mol. The van der Waals surface area contributed by atoms with E-state index in [-0.39, 0.29) is 17.6 Å². The first-order valence-corrected chi connectivity index (χ1v) is 12.1. The maximum Gasteiger partial charge on any atom is 0.274 e. The number of piperazine rings is 1. The van der Waals surface area contributed by atoms with E-state index in [1.165, 1.54) is 0 Å². The summed E-state index contributed by atoms with van der Waals surface area (Å²) in [5.41, 5.74) is 2.21. The van der Waals surface area contributed by atoms with Crippen molar-refractivity contribution in [2.75, 3.05) is 44.2 Å². The standard InChI is InChI=1S/C28H29N5O3/c1-3-31(4-2)28(36)25-14-15-26(30-29-25)32-16-18-33(19-17-32)27(35)24-11-6-5-9-22(24)13-12-21-8-7-10-23(34)20-21/h5-11,14-15,20,34H,3-4,16-19H2,1-2H3. The Morgan fingerprint density at radius 1 is 0.917 bits per heavy atom. The Morgan fingerprint density at radius 3 is 2.33 bits per heavy atom. The highest BCUT2D eigenvalue weighted by atomic mass is 16.3. The summed E-state index contributed by atoms with van der Waals surface area (Å²) in [7, 11) is 0. The molecule has 2 heterocycles. The lowest BCUT2D eigenvalue weighted by Crippen LogP contribution is -2.49. The molecule has 0 aliphatic carbocycles. The maximum absolute atomic E-state index is 13.3. The molecule has 0 radical (unpaired) electrons. The number of aromatic hydroxyl groups is 1. The fourth-order valence-electron chi connectivity index (χ4n) is 4.09. The van der Waals surface area contributed by atoms with Crippen molar-refractivity contribution in [1.82, 2.24) is 20.0 Å². The number of aromatic nitrogens is 2. The molecule has 1 aliphatic rings. The fourth-order valence-corrected chi connectivity index (χ4v) is 4.09. The number of rotatable bonds is 5. The van der Waals surface area contributed by atoms with Gasteiger partial charge in [-0.15, -0.1) is 10.2 Å². The van der Waals surface area contributed by atoms with Gasteiger partial charge in [-0.2, -0.15) is 0 Å². The molecule has 2 amide bonds. The minimum atomic E-state index is -0.125. The lowest BCUT2D eigenvalue weighted by molar-refractivity contribution is 0.0742. The summed E-state index contributed by atoms with van der Waals surface area (Å²) in [5, 5.41) is 18.1. The van der Waals surface area contributed by atoms with Crippen molar-refractivity contribution in [3.8, 4) is 17.6 Å². The zero-order valence-corrected chi connectivity index (χ0v) is 20.5. The molecule has 36 heavy (non-hydrogen) atoms. The minimum absolute atomic E-state index is 0.0679. The molecule has 4 rings (SSSR count). The Kier molecular flexibility index (Phi) is 7.81. The van der Waals surface area contributed by atoms with Gasteiger partial charge >= 0.3 is 0 Å². The highest BCUT2D eigenvalue weighted by Gasteiger charge is 2.24. The number of anilines is 1. The van der Waals surface area contributed by atoms with Crippen LogP contribution in [0.15, 0.2) is 60.7 Å². The Morgan fingerprint density at radius 2 is 1.67 bits per heavy atom. The fraction of sp³-hybridized carbons (Fsp3) is 0.286. The van der Waals surface area contributed by atoms with E-state index in [0.29, 0.717) is 67.5 Å². The molecular weight excluding hydrogens is 454 g/mol. The van der Waals surface area contributed by atoms with Gasteiger partial charge < -0.3 is 19.8 Å². The molecule has 0 saturated carbocycles. The normalized spacial score (nSPS) is 13.1. The van der Waals surface area contributed by atoms with Gasteiger partial charge in [0.1, 0.15) is 5.75 Å². The number of amides is 2. The number of hydrogen-bond donors (Lipinski definition) is 1. The highest BCUT2D eigenvalue weighted by Crippen LogP contribution is 2.17. The summed E-state index contributed by atoms with van der Waals surface area (Å²) >= 11 is 0. The number of carbonyl (C=O) groups is 2. The number of hydrogen-bond acceptors (Lipinski definition) is 6. The van der Waals surface area contributed by atoms with E-state index in [0.717, 1.165) is 0 Å². The molecule has 0 spiro atoms. The molecule has 1 fully saturated rings. The van der Waals surface area contributed by atoms with Crippen LogP contribution in [-0.4, -0.2) is 76.2 Å². The van der Waals surface area contributed by atoms with Gasteiger partial charge in [-0.1, -0.05) is 30.0 Å². The molecule has 1 saturated heterocycles. The molecular formula is C28H29N5O3. The topological polar surface area (TPSA) is 89.9 Å². The summed E-state index contributed by atoms with van der Waals surface area (Å²) < 4.78 is 0. The van der Waals surface area contributed by atoms with E-state index in [4.69, 9.17) is 0 Å². The summed E-state index contributed by atoms with van der Waals surface area (Å²) in [5.74, 6) is 6.75. The number of benzene rings is 2. The van der Waals surface area contributed by atoms with Crippen molar-refractivity contribution in [3.63, 3.8) is 0 Å². The second kappa shape index (κ2) is 11.4. The van der Waals surface area contributed by atoms with E-state index >= 15 is 0 Å².